The zero-order chi connectivity index (χ0) is 20.3. The standard InChI is InChI=1S/C21H23N5O2S2/c1-14(20-22-19(25-28-20)17-10-5-11-27-17)30-21-24-23-18(13-16-9-6-12-29-16)26(21)15-7-3-2-4-8-15/h5-6,9-12,14-15H,2-4,7-8,13H2,1H3/t14-/m1/s1. The Labute approximate surface area is 182 Å². The van der Waals surface area contributed by atoms with Crippen molar-refractivity contribution in [2.45, 2.75) is 61.9 Å². The molecule has 30 heavy (non-hydrogen) atoms. The summed E-state index contributed by atoms with van der Waals surface area (Å²) in [6.07, 6.45) is 8.62. The van der Waals surface area contributed by atoms with Crippen LogP contribution in [0.5, 0.6) is 0 Å². The Bertz CT molecular complexity index is 1070. The third-order valence-electron chi connectivity index (χ3n) is 5.40. The van der Waals surface area contributed by atoms with Crippen molar-refractivity contribution in [3.05, 3.63) is 52.5 Å². The van der Waals surface area contributed by atoms with Gasteiger partial charge in [-0.05, 0) is 43.3 Å². The smallest absolute Gasteiger partial charge is 0.240 e. The maximum atomic E-state index is 5.50. The molecule has 1 saturated carbocycles. The van der Waals surface area contributed by atoms with E-state index in [-0.39, 0.29) is 5.25 Å². The van der Waals surface area contributed by atoms with Crippen molar-refractivity contribution in [3.63, 3.8) is 0 Å². The predicted molar refractivity (Wildman–Crippen MR) is 116 cm³/mol. The fourth-order valence-electron chi connectivity index (χ4n) is 3.90. The number of furan rings is 1. The normalized spacial score (nSPS) is 16.2. The van der Waals surface area contributed by atoms with Gasteiger partial charge < -0.3 is 13.5 Å². The molecule has 4 aromatic heterocycles. The molecule has 5 rings (SSSR count). The van der Waals surface area contributed by atoms with E-state index in [4.69, 9.17) is 8.94 Å². The van der Waals surface area contributed by atoms with Crippen LogP contribution in [0.3, 0.4) is 0 Å². The lowest BCUT2D eigenvalue weighted by Crippen LogP contribution is -2.17. The minimum absolute atomic E-state index is 0.0395. The molecule has 0 saturated heterocycles. The second kappa shape index (κ2) is 8.77. The highest BCUT2D eigenvalue weighted by atomic mass is 32.2. The molecule has 0 spiro atoms. The Morgan fingerprint density at radius 2 is 2.10 bits per heavy atom. The third kappa shape index (κ3) is 4.09. The SMILES string of the molecule is C[C@@H](Sc1nnc(Cc2cccs2)n1C1CCCCC1)c1nc(-c2ccco2)no1. The average molecular weight is 442 g/mol. The Balaban J connectivity index is 1.39. The van der Waals surface area contributed by atoms with Gasteiger partial charge in [0.2, 0.25) is 11.7 Å². The number of nitrogens with zero attached hydrogens (tertiary/aromatic N) is 5. The molecule has 0 bridgehead atoms. The van der Waals surface area contributed by atoms with Gasteiger partial charge in [-0.2, -0.15) is 4.98 Å². The summed E-state index contributed by atoms with van der Waals surface area (Å²) in [5, 5.41) is 16.2. The minimum atomic E-state index is -0.0395. The largest absolute Gasteiger partial charge is 0.461 e. The summed E-state index contributed by atoms with van der Waals surface area (Å²) < 4.78 is 13.2. The summed E-state index contributed by atoms with van der Waals surface area (Å²) in [5.41, 5.74) is 0. The van der Waals surface area contributed by atoms with Crippen LogP contribution in [0.25, 0.3) is 11.6 Å². The molecule has 0 unspecified atom stereocenters. The first-order valence-electron chi connectivity index (χ1n) is 10.3. The zero-order valence-corrected chi connectivity index (χ0v) is 18.4. The molecule has 0 aliphatic heterocycles. The van der Waals surface area contributed by atoms with E-state index in [9.17, 15) is 0 Å². The predicted octanol–water partition coefficient (Wildman–Crippen LogP) is 5.93. The van der Waals surface area contributed by atoms with Gasteiger partial charge in [0.15, 0.2) is 10.9 Å². The summed E-state index contributed by atoms with van der Waals surface area (Å²) in [7, 11) is 0. The van der Waals surface area contributed by atoms with Crippen LogP contribution in [-0.4, -0.2) is 24.9 Å². The molecule has 1 atom stereocenters. The third-order valence-corrected chi connectivity index (χ3v) is 7.32. The summed E-state index contributed by atoms with van der Waals surface area (Å²) in [4.78, 5) is 5.82. The first-order valence-corrected chi connectivity index (χ1v) is 12.0. The molecule has 0 amide bonds. The molecule has 1 fully saturated rings. The molecular formula is C21H23N5O2S2. The lowest BCUT2D eigenvalue weighted by molar-refractivity contribution is 0.330. The van der Waals surface area contributed by atoms with Crippen LogP contribution in [0.15, 0.2) is 50.0 Å². The molecule has 7 nitrogen and oxygen atoms in total. The Kier molecular flexibility index (Phi) is 5.72. The van der Waals surface area contributed by atoms with Gasteiger partial charge in [0, 0.05) is 17.3 Å². The lowest BCUT2D eigenvalue weighted by atomic mass is 9.95. The van der Waals surface area contributed by atoms with E-state index >= 15 is 0 Å². The summed E-state index contributed by atoms with van der Waals surface area (Å²) in [6.45, 7) is 2.06. The number of thiophene rings is 1. The van der Waals surface area contributed by atoms with Crippen molar-refractivity contribution in [2.24, 2.45) is 0 Å². The molecular weight excluding hydrogens is 418 g/mol. The van der Waals surface area contributed by atoms with Gasteiger partial charge in [-0.3, -0.25) is 0 Å². The second-order valence-electron chi connectivity index (χ2n) is 7.51. The Morgan fingerprint density at radius 3 is 2.87 bits per heavy atom. The van der Waals surface area contributed by atoms with E-state index in [1.54, 1.807) is 29.4 Å². The Hall–Kier alpha value is -2.39. The van der Waals surface area contributed by atoms with Crippen LogP contribution in [-0.2, 0) is 6.42 Å². The van der Waals surface area contributed by atoms with Crippen molar-refractivity contribution in [3.8, 4) is 11.6 Å². The average Bonchev–Trinajstić information content (AvgIpc) is 3.56. The van der Waals surface area contributed by atoms with E-state index in [1.165, 1.54) is 37.0 Å². The molecule has 0 N–H and O–H groups in total. The van der Waals surface area contributed by atoms with Gasteiger partial charge in [0.25, 0.3) is 0 Å². The van der Waals surface area contributed by atoms with Crippen LogP contribution in [0, 0.1) is 0 Å². The second-order valence-corrected chi connectivity index (χ2v) is 9.85. The number of rotatable bonds is 7. The van der Waals surface area contributed by atoms with Gasteiger partial charge in [-0.1, -0.05) is 42.2 Å². The Morgan fingerprint density at radius 1 is 1.20 bits per heavy atom. The maximum Gasteiger partial charge on any atom is 0.240 e. The van der Waals surface area contributed by atoms with Crippen molar-refractivity contribution in [1.29, 1.82) is 0 Å². The van der Waals surface area contributed by atoms with Gasteiger partial charge >= 0.3 is 0 Å². The quantitative estimate of drug-likeness (QED) is 0.329. The van der Waals surface area contributed by atoms with Gasteiger partial charge in [-0.25, -0.2) is 0 Å². The minimum Gasteiger partial charge on any atom is -0.461 e. The summed E-state index contributed by atoms with van der Waals surface area (Å²) in [6, 6.07) is 8.34. The van der Waals surface area contributed by atoms with E-state index in [2.05, 4.69) is 49.3 Å². The van der Waals surface area contributed by atoms with E-state index < -0.39 is 0 Å². The molecule has 4 aromatic rings. The van der Waals surface area contributed by atoms with Crippen LogP contribution >= 0.6 is 23.1 Å². The number of thioether (sulfide) groups is 1. The summed E-state index contributed by atoms with van der Waals surface area (Å²) >= 11 is 3.39. The van der Waals surface area contributed by atoms with Crippen LogP contribution < -0.4 is 0 Å². The van der Waals surface area contributed by atoms with Crippen LogP contribution in [0.4, 0.5) is 0 Å². The van der Waals surface area contributed by atoms with Crippen molar-refractivity contribution in [1.82, 2.24) is 24.9 Å². The van der Waals surface area contributed by atoms with Crippen molar-refractivity contribution in [2.75, 3.05) is 0 Å². The molecule has 0 aromatic carbocycles. The highest BCUT2D eigenvalue weighted by Gasteiger charge is 2.26. The topological polar surface area (TPSA) is 82.8 Å². The number of aromatic nitrogens is 5. The highest BCUT2D eigenvalue weighted by molar-refractivity contribution is 7.99. The first kappa shape index (κ1) is 19.6. The molecule has 1 aliphatic rings. The molecule has 9 heteroatoms. The summed E-state index contributed by atoms with van der Waals surface area (Å²) in [5.74, 6) is 2.67. The monoisotopic (exact) mass is 441 g/mol. The molecule has 1 aliphatic carbocycles. The lowest BCUT2D eigenvalue weighted by Gasteiger charge is -2.25. The van der Waals surface area contributed by atoms with E-state index in [0.717, 1.165) is 17.4 Å². The van der Waals surface area contributed by atoms with Gasteiger partial charge in [0.05, 0.1) is 11.5 Å². The first-order chi connectivity index (χ1) is 14.8. The van der Waals surface area contributed by atoms with Crippen LogP contribution in [0.2, 0.25) is 0 Å². The zero-order valence-electron chi connectivity index (χ0n) is 16.7. The molecule has 4 heterocycles. The number of hydrogen-bond donors (Lipinski definition) is 0. The van der Waals surface area contributed by atoms with Crippen molar-refractivity contribution < 1.29 is 8.94 Å². The van der Waals surface area contributed by atoms with E-state index in [0.29, 0.717) is 23.5 Å². The molecule has 156 valence electrons. The van der Waals surface area contributed by atoms with Crippen molar-refractivity contribution >= 4 is 23.1 Å². The number of hydrogen-bond acceptors (Lipinski definition) is 8. The van der Waals surface area contributed by atoms with E-state index in [1.807, 2.05) is 12.1 Å². The van der Waals surface area contributed by atoms with Crippen LogP contribution in [0.1, 0.15) is 66.9 Å². The fraction of sp³-hybridized carbons (Fsp3) is 0.429. The van der Waals surface area contributed by atoms with Gasteiger partial charge in [-0.15, -0.1) is 21.5 Å². The fourth-order valence-corrected chi connectivity index (χ4v) is 5.57. The molecule has 0 radical (unpaired) electrons. The van der Waals surface area contributed by atoms with Gasteiger partial charge in [0.1, 0.15) is 5.82 Å². The highest BCUT2D eigenvalue weighted by Crippen LogP contribution is 2.38. The maximum absolute atomic E-state index is 5.50.